The summed E-state index contributed by atoms with van der Waals surface area (Å²) in [5.74, 6) is -0.403. The zero-order valence-corrected chi connectivity index (χ0v) is 15.1. The lowest BCUT2D eigenvalue weighted by Crippen LogP contribution is -2.22. The third-order valence-corrected chi connectivity index (χ3v) is 4.68. The molecule has 2 aromatic carbocycles. The van der Waals surface area contributed by atoms with Crippen LogP contribution in [0.2, 0.25) is 0 Å². The monoisotopic (exact) mass is 362 g/mol. The Labute approximate surface area is 155 Å². The maximum absolute atomic E-state index is 13.2. The molecular weight excluding hydrogens is 343 g/mol. The second-order valence-electron chi connectivity index (χ2n) is 6.60. The largest absolute Gasteiger partial charge is 0.354 e. The summed E-state index contributed by atoms with van der Waals surface area (Å²) >= 11 is 0. The number of carbonyl (C=O) groups excluding carboxylic acids is 1. The minimum absolute atomic E-state index is 0.152. The van der Waals surface area contributed by atoms with Gasteiger partial charge in [-0.05, 0) is 60.0 Å². The molecule has 0 aliphatic heterocycles. The van der Waals surface area contributed by atoms with Crippen molar-refractivity contribution in [3.05, 3.63) is 77.4 Å². The predicted molar refractivity (Wildman–Crippen MR) is 103 cm³/mol. The Balaban J connectivity index is 1.57. The van der Waals surface area contributed by atoms with Crippen molar-refractivity contribution in [2.75, 3.05) is 0 Å². The zero-order chi connectivity index (χ0) is 19.0. The van der Waals surface area contributed by atoms with E-state index < -0.39 is 0 Å². The lowest BCUT2D eigenvalue weighted by Gasteiger charge is -2.04. The van der Waals surface area contributed by atoms with Crippen molar-refractivity contribution in [2.45, 2.75) is 13.5 Å². The van der Waals surface area contributed by atoms with Crippen LogP contribution in [-0.2, 0) is 13.6 Å². The number of amides is 1. The number of fused-ring (bicyclic) bond motifs is 1. The summed E-state index contributed by atoms with van der Waals surface area (Å²) in [6, 6.07) is 12.5. The molecule has 0 spiro atoms. The topological polar surface area (TPSA) is 62.7 Å². The average molecular weight is 362 g/mol. The fourth-order valence-electron chi connectivity index (χ4n) is 3.21. The fraction of sp³-hybridized carbons (Fsp3) is 0.143. The van der Waals surface area contributed by atoms with E-state index in [1.54, 1.807) is 36.3 Å². The van der Waals surface area contributed by atoms with Gasteiger partial charge in [-0.15, -0.1) is 0 Å². The van der Waals surface area contributed by atoms with E-state index in [-0.39, 0.29) is 11.7 Å². The highest BCUT2D eigenvalue weighted by molar-refractivity contribution is 5.94. The van der Waals surface area contributed by atoms with Crippen LogP contribution >= 0.6 is 0 Å². The van der Waals surface area contributed by atoms with Gasteiger partial charge in [0.2, 0.25) is 0 Å². The number of H-pyrrole nitrogens is 1. The highest BCUT2D eigenvalue weighted by Gasteiger charge is 2.11. The van der Waals surface area contributed by atoms with Crippen LogP contribution in [0.4, 0.5) is 4.39 Å². The molecule has 0 saturated carbocycles. The number of benzene rings is 2. The number of halogens is 1. The molecule has 0 fully saturated rings. The molecule has 0 atom stereocenters. The molecule has 1 amide bonds. The number of hydrogen-bond acceptors (Lipinski definition) is 2. The third kappa shape index (κ3) is 3.33. The van der Waals surface area contributed by atoms with Crippen LogP contribution in [0.15, 0.2) is 54.9 Å². The molecule has 0 bridgehead atoms. The van der Waals surface area contributed by atoms with Gasteiger partial charge in [-0.25, -0.2) is 4.39 Å². The zero-order valence-electron chi connectivity index (χ0n) is 15.1. The van der Waals surface area contributed by atoms with Crippen molar-refractivity contribution in [3.8, 4) is 11.3 Å². The molecular formula is C21H19FN4O. The first-order chi connectivity index (χ1) is 13.0. The third-order valence-electron chi connectivity index (χ3n) is 4.68. The van der Waals surface area contributed by atoms with E-state index in [2.05, 4.69) is 21.5 Å². The summed E-state index contributed by atoms with van der Waals surface area (Å²) in [6.07, 6.45) is 3.23. The first-order valence-corrected chi connectivity index (χ1v) is 8.65. The number of aromatic nitrogens is 3. The van der Waals surface area contributed by atoms with Crippen LogP contribution in [0.5, 0.6) is 0 Å². The number of aryl methyl sites for hydroxylation is 2. The number of nitrogens with one attached hydrogen (secondary N) is 2. The van der Waals surface area contributed by atoms with Crippen LogP contribution in [0, 0.1) is 12.7 Å². The highest BCUT2D eigenvalue weighted by atomic mass is 19.1. The maximum atomic E-state index is 13.2. The number of hydrogen-bond donors (Lipinski definition) is 2. The Morgan fingerprint density at radius 2 is 2.00 bits per heavy atom. The molecule has 6 heteroatoms. The van der Waals surface area contributed by atoms with Crippen molar-refractivity contribution < 1.29 is 9.18 Å². The smallest absolute Gasteiger partial charge is 0.254 e. The molecule has 5 nitrogen and oxygen atoms in total. The highest BCUT2D eigenvalue weighted by Crippen LogP contribution is 2.30. The van der Waals surface area contributed by atoms with Gasteiger partial charge in [0, 0.05) is 36.4 Å². The van der Waals surface area contributed by atoms with Crippen molar-refractivity contribution in [1.82, 2.24) is 20.1 Å². The lowest BCUT2D eigenvalue weighted by atomic mass is 10.0. The van der Waals surface area contributed by atoms with Gasteiger partial charge in [0.25, 0.3) is 5.91 Å². The van der Waals surface area contributed by atoms with Gasteiger partial charge >= 0.3 is 0 Å². The van der Waals surface area contributed by atoms with Gasteiger partial charge in [0.05, 0.1) is 11.8 Å². The van der Waals surface area contributed by atoms with Crippen molar-refractivity contribution in [1.29, 1.82) is 0 Å². The minimum Gasteiger partial charge on any atom is -0.354 e. The van der Waals surface area contributed by atoms with Gasteiger partial charge in [0.1, 0.15) is 5.82 Å². The van der Waals surface area contributed by atoms with Gasteiger partial charge in [-0.2, -0.15) is 5.10 Å². The van der Waals surface area contributed by atoms with Gasteiger partial charge < -0.3 is 10.3 Å². The molecule has 0 aliphatic rings. The van der Waals surface area contributed by atoms with E-state index in [0.29, 0.717) is 12.1 Å². The maximum Gasteiger partial charge on any atom is 0.254 e. The first kappa shape index (κ1) is 17.0. The molecule has 0 aliphatic carbocycles. The number of nitrogens with zero attached hydrogens (tertiary/aromatic N) is 2. The molecule has 0 unspecified atom stereocenters. The van der Waals surface area contributed by atoms with E-state index in [9.17, 15) is 9.18 Å². The fourth-order valence-corrected chi connectivity index (χ4v) is 3.21. The van der Waals surface area contributed by atoms with Crippen molar-refractivity contribution in [3.63, 3.8) is 0 Å². The number of rotatable bonds is 4. The second-order valence-corrected chi connectivity index (χ2v) is 6.60. The van der Waals surface area contributed by atoms with E-state index in [1.807, 2.05) is 19.1 Å². The Kier molecular flexibility index (Phi) is 4.24. The Hall–Kier alpha value is -3.41. The Morgan fingerprint density at radius 3 is 2.70 bits per heavy atom. The summed E-state index contributed by atoms with van der Waals surface area (Å²) < 4.78 is 14.8. The van der Waals surface area contributed by atoms with Crippen LogP contribution in [0.3, 0.4) is 0 Å². The van der Waals surface area contributed by atoms with E-state index in [0.717, 1.165) is 33.3 Å². The second kappa shape index (κ2) is 6.72. The van der Waals surface area contributed by atoms with Crippen molar-refractivity contribution >= 4 is 16.8 Å². The molecule has 2 heterocycles. The van der Waals surface area contributed by atoms with Gasteiger partial charge in [0.15, 0.2) is 0 Å². The molecule has 2 aromatic heterocycles. The van der Waals surface area contributed by atoms with Crippen molar-refractivity contribution in [2.24, 2.45) is 7.05 Å². The van der Waals surface area contributed by atoms with Gasteiger partial charge in [-0.1, -0.05) is 6.07 Å². The molecule has 27 heavy (non-hydrogen) atoms. The number of carbonyl (C=O) groups is 1. The molecule has 4 aromatic rings. The van der Waals surface area contributed by atoms with E-state index in [4.69, 9.17) is 0 Å². The normalized spacial score (nSPS) is 11.1. The SMILES string of the molecule is Cc1c(-c2ccc(F)cc2)[nH]c2ccc(CNC(=O)c3cnn(C)c3)cc12. The quantitative estimate of drug-likeness (QED) is 0.577. The van der Waals surface area contributed by atoms with Crippen LogP contribution in [0.25, 0.3) is 22.2 Å². The van der Waals surface area contributed by atoms with Gasteiger partial charge in [-0.3, -0.25) is 9.48 Å². The van der Waals surface area contributed by atoms with E-state index >= 15 is 0 Å². The standard InChI is InChI=1S/C21H19FN4O/c1-13-18-9-14(10-23-21(27)16-11-24-26(2)12-16)3-8-19(18)25-20(13)15-4-6-17(22)7-5-15/h3-9,11-12,25H,10H2,1-2H3,(H,23,27). The Morgan fingerprint density at radius 1 is 1.22 bits per heavy atom. The summed E-state index contributed by atoms with van der Waals surface area (Å²) in [6.45, 7) is 2.47. The molecule has 136 valence electrons. The molecule has 0 radical (unpaired) electrons. The summed E-state index contributed by atoms with van der Waals surface area (Å²) in [5, 5.41) is 8.01. The van der Waals surface area contributed by atoms with Crippen LogP contribution < -0.4 is 5.32 Å². The Bertz CT molecular complexity index is 1130. The summed E-state index contributed by atoms with van der Waals surface area (Å²) in [4.78, 5) is 15.6. The summed E-state index contributed by atoms with van der Waals surface area (Å²) in [5.41, 5.74) is 5.56. The molecule has 2 N–H and O–H groups in total. The van der Waals surface area contributed by atoms with E-state index in [1.165, 1.54) is 12.1 Å². The average Bonchev–Trinajstić information content (AvgIpc) is 3.24. The summed E-state index contributed by atoms with van der Waals surface area (Å²) in [7, 11) is 1.78. The minimum atomic E-state index is -0.251. The van der Waals surface area contributed by atoms with Crippen LogP contribution in [0.1, 0.15) is 21.5 Å². The first-order valence-electron chi connectivity index (χ1n) is 8.65. The molecule has 0 saturated heterocycles. The van der Waals surface area contributed by atoms with Crippen LogP contribution in [-0.4, -0.2) is 20.7 Å². The predicted octanol–water partition coefficient (Wildman–Crippen LogP) is 3.95. The number of aromatic amines is 1. The lowest BCUT2D eigenvalue weighted by molar-refractivity contribution is 0.0951. The molecule has 4 rings (SSSR count).